The molecule has 1 aliphatic rings. The van der Waals surface area contributed by atoms with E-state index in [0.29, 0.717) is 23.3 Å². The summed E-state index contributed by atoms with van der Waals surface area (Å²) in [5.41, 5.74) is 10.7. The maximum atomic E-state index is 13.4. The van der Waals surface area contributed by atoms with Gasteiger partial charge in [-0.1, -0.05) is 13.0 Å². The molecule has 0 bridgehead atoms. The quantitative estimate of drug-likeness (QED) is 0.0473. The number of nitrogens with two attached hydrogens (primary N) is 2. The van der Waals surface area contributed by atoms with Crippen LogP contribution in [0.1, 0.15) is 64.2 Å². The highest BCUT2D eigenvalue weighted by atomic mass is 16.5. The largest absolute Gasteiger partial charge is 0.714 e. The molecule has 2 aromatic carbocycles. The molecule has 256 valence electrons. The molecule has 2 aromatic rings. The second-order valence-corrected chi connectivity index (χ2v) is 12.3. The van der Waals surface area contributed by atoms with Crippen LogP contribution in [-0.2, 0) is 27.2 Å². The third-order valence-electron chi connectivity index (χ3n) is 8.62. The smallest absolute Gasteiger partial charge is 0.326 e. The van der Waals surface area contributed by atoms with E-state index < -0.39 is 47.6 Å². The number of carbonyl (C=O) groups excluding carboxylic acids is 2. The number of phenols is 1. The van der Waals surface area contributed by atoms with Gasteiger partial charge in [0.05, 0.1) is 5.56 Å². The molecule has 0 saturated heterocycles. The van der Waals surface area contributed by atoms with Crippen LogP contribution in [0.4, 0.5) is 0 Å². The Hall–Kier alpha value is -5.05. The number of nitrogens with zero attached hydrogens (tertiary/aromatic N) is 3. The second kappa shape index (κ2) is 15.0. The molecule has 1 heterocycles. The number of aromatic hydroxyl groups is 1. The molecule has 3 rings (SSSR count). The Morgan fingerprint density at radius 2 is 1.70 bits per heavy atom. The zero-order chi connectivity index (χ0) is 35.1. The lowest BCUT2D eigenvalue weighted by atomic mass is 9.84. The minimum Gasteiger partial charge on any atom is -0.714 e. The van der Waals surface area contributed by atoms with Gasteiger partial charge in [0.2, 0.25) is 5.91 Å². The fourth-order valence-corrected chi connectivity index (χ4v) is 5.05. The minimum absolute atomic E-state index is 0.0186. The van der Waals surface area contributed by atoms with Crippen LogP contribution < -0.4 is 26.8 Å². The number of hydrogen-bond acceptors (Lipinski definition) is 9. The minimum atomic E-state index is -1.26. The summed E-state index contributed by atoms with van der Waals surface area (Å²) in [6.07, 6.45) is 0.892. The predicted octanol–water partition coefficient (Wildman–Crippen LogP) is 1.20. The Kier molecular flexibility index (Phi) is 11.6. The number of carboxylic acids is 1. The molecule has 0 aliphatic carbocycles. The molecular formula is C32H45N7O8. The van der Waals surface area contributed by atoms with Crippen molar-refractivity contribution in [2.45, 2.75) is 83.5 Å². The first-order valence-electron chi connectivity index (χ1n) is 15.2. The van der Waals surface area contributed by atoms with Crippen molar-refractivity contribution in [1.82, 2.24) is 15.7 Å². The van der Waals surface area contributed by atoms with Crippen LogP contribution in [0.25, 0.3) is 0 Å². The molecule has 0 aromatic heterocycles. The zero-order valence-corrected chi connectivity index (χ0v) is 27.3. The van der Waals surface area contributed by atoms with E-state index in [2.05, 4.69) is 15.6 Å². The average Bonchev–Trinajstić information content (AvgIpc) is 3.13. The molecular weight excluding hydrogens is 610 g/mol. The topological polar surface area (TPSA) is 239 Å². The zero-order valence-electron chi connectivity index (χ0n) is 27.3. The Bertz CT molecular complexity index is 1520. The van der Waals surface area contributed by atoms with Gasteiger partial charge in [-0.25, -0.2) is 10.0 Å². The lowest BCUT2D eigenvalue weighted by Gasteiger charge is -2.33. The van der Waals surface area contributed by atoms with Gasteiger partial charge in [0.15, 0.2) is 18.1 Å². The van der Waals surface area contributed by atoms with E-state index in [1.54, 1.807) is 64.1 Å². The van der Waals surface area contributed by atoms with Crippen molar-refractivity contribution in [2.24, 2.45) is 16.5 Å². The molecule has 0 radical (unpaired) electrons. The van der Waals surface area contributed by atoms with Crippen molar-refractivity contribution in [1.29, 1.82) is 0 Å². The van der Waals surface area contributed by atoms with Crippen molar-refractivity contribution in [3.05, 3.63) is 64.4 Å². The van der Waals surface area contributed by atoms with E-state index in [1.165, 1.54) is 6.07 Å². The summed E-state index contributed by atoms with van der Waals surface area (Å²) in [6.45, 7) is 8.57. The molecule has 47 heavy (non-hydrogen) atoms. The highest BCUT2D eigenvalue weighted by Gasteiger charge is 2.58. The number of aliphatic imine (C=N–C) groups is 1. The normalized spacial score (nSPS) is 16.3. The van der Waals surface area contributed by atoms with Gasteiger partial charge in [0.1, 0.15) is 29.1 Å². The van der Waals surface area contributed by atoms with Gasteiger partial charge in [-0.2, -0.15) is 0 Å². The van der Waals surface area contributed by atoms with E-state index in [4.69, 9.17) is 16.2 Å². The van der Waals surface area contributed by atoms with E-state index in [0.717, 1.165) is 15.4 Å². The molecule has 0 fully saturated rings. The number of carboxylic acid groups (broad SMARTS) is 1. The van der Waals surface area contributed by atoms with E-state index >= 15 is 0 Å². The number of hydroxylamine groups is 3. The third-order valence-corrected chi connectivity index (χ3v) is 8.62. The van der Waals surface area contributed by atoms with Gasteiger partial charge in [-0.05, 0) is 94.5 Å². The Morgan fingerprint density at radius 1 is 1.04 bits per heavy atom. The van der Waals surface area contributed by atoms with Gasteiger partial charge in [0, 0.05) is 13.0 Å². The van der Waals surface area contributed by atoms with Gasteiger partial charge >= 0.3 is 11.8 Å². The van der Waals surface area contributed by atoms with Crippen molar-refractivity contribution in [3.63, 3.8) is 0 Å². The number of phenolic OH excluding ortho intramolecular Hbond substituents is 1. The first-order valence-corrected chi connectivity index (χ1v) is 15.2. The summed E-state index contributed by atoms with van der Waals surface area (Å²) in [6, 6.07) is 8.50. The van der Waals surface area contributed by atoms with Gasteiger partial charge in [-0.3, -0.25) is 19.3 Å². The number of aliphatic carboxylic acids is 1. The molecule has 2 atom stereocenters. The Morgan fingerprint density at radius 3 is 2.26 bits per heavy atom. The number of benzene rings is 2. The highest BCUT2D eigenvalue weighted by molar-refractivity contribution is 5.96. The Balaban J connectivity index is 1.73. The molecule has 2 amide bonds. The van der Waals surface area contributed by atoms with Crippen LogP contribution in [0.15, 0.2) is 47.5 Å². The first-order chi connectivity index (χ1) is 22.0. The summed E-state index contributed by atoms with van der Waals surface area (Å²) < 4.78 is 6.40. The molecule has 15 nitrogen and oxygen atoms in total. The second-order valence-electron chi connectivity index (χ2n) is 12.3. The maximum Gasteiger partial charge on any atom is 0.326 e. The van der Waals surface area contributed by atoms with Crippen molar-refractivity contribution < 1.29 is 39.3 Å². The molecule has 1 aliphatic heterocycles. The van der Waals surface area contributed by atoms with Gasteiger partial charge in [0.25, 0.3) is 5.91 Å². The molecule has 0 saturated carbocycles. The number of ether oxygens (including phenoxy) is 1. The first kappa shape index (κ1) is 36.4. The number of hydrogen-bond donors (Lipinski definition) is 7. The summed E-state index contributed by atoms with van der Waals surface area (Å²) in [7, 11) is 0. The van der Waals surface area contributed by atoms with Crippen LogP contribution in [0.2, 0.25) is 0 Å². The van der Waals surface area contributed by atoms with E-state index in [9.17, 15) is 35.0 Å². The highest BCUT2D eigenvalue weighted by Crippen LogP contribution is 2.37. The van der Waals surface area contributed by atoms with Gasteiger partial charge in [-0.15, -0.1) is 5.06 Å². The number of nitrogens with one attached hydrogen (secondary N) is 2. The van der Waals surface area contributed by atoms with E-state index in [1.807, 2.05) is 6.92 Å². The number of rotatable bonds is 15. The SMILES string of the molecule is CCc1cc(O)ccc1C[C@H](NC(=O)COc1ccc(C2=[N+]([O-])C(C)(C)C(C)(C)N2O)cc1)C(=O)N[C@@H](CCCN=C(N)N)C(=O)O. The van der Waals surface area contributed by atoms with Crippen molar-refractivity contribution in [2.75, 3.05) is 13.2 Å². The molecule has 15 heteroatoms. The molecule has 9 N–H and O–H groups in total. The summed E-state index contributed by atoms with van der Waals surface area (Å²) in [5.74, 6) is -2.33. The maximum absolute atomic E-state index is 13.4. The third kappa shape index (κ3) is 8.61. The average molecular weight is 656 g/mol. The lowest BCUT2D eigenvalue weighted by molar-refractivity contribution is -0.539. The summed E-state index contributed by atoms with van der Waals surface area (Å²) >= 11 is 0. The van der Waals surface area contributed by atoms with Crippen molar-refractivity contribution >= 4 is 29.6 Å². The van der Waals surface area contributed by atoms with Crippen LogP contribution in [0, 0.1) is 5.21 Å². The van der Waals surface area contributed by atoms with Gasteiger partial charge < -0.3 is 42.3 Å². The number of guanidine groups is 1. The number of amidine groups is 1. The predicted molar refractivity (Wildman–Crippen MR) is 174 cm³/mol. The number of carbonyl (C=O) groups is 3. The van der Waals surface area contributed by atoms with Crippen LogP contribution in [-0.4, -0.2) is 91.1 Å². The lowest BCUT2D eigenvalue weighted by Crippen LogP contribution is -2.53. The van der Waals surface area contributed by atoms with Crippen molar-refractivity contribution in [3.8, 4) is 11.5 Å². The Labute approximate surface area is 273 Å². The molecule has 0 unspecified atom stereocenters. The number of aryl methyl sites for hydroxylation is 1. The molecule has 0 spiro atoms. The fourth-order valence-electron chi connectivity index (χ4n) is 5.05. The fraction of sp³-hybridized carbons (Fsp3) is 0.469. The van der Waals surface area contributed by atoms with Crippen LogP contribution >= 0.6 is 0 Å². The number of amides is 2. The summed E-state index contributed by atoms with van der Waals surface area (Å²) in [5, 5.41) is 49.4. The standard InChI is InChI=1S/C32H45N7O8/c1-6-19-16-22(40)12-9-21(19)17-25(27(42)37-24(29(43)44)8-7-15-35-30(33)34)36-26(41)18-47-23-13-10-20(11-14-23)28-38(45)31(2,3)32(4,5)39(28)46/h9-14,16,24-25,40,45H,6-8,15,17-18H2,1-5H3,(H,36,41)(H,37,42)(H,43,44)(H4,33,34,35)/t24-,25-/m0/s1. The summed E-state index contributed by atoms with van der Waals surface area (Å²) in [4.78, 5) is 42.1. The van der Waals surface area contributed by atoms with Crippen LogP contribution in [0.5, 0.6) is 11.5 Å². The van der Waals surface area contributed by atoms with Crippen LogP contribution in [0.3, 0.4) is 0 Å². The van der Waals surface area contributed by atoms with E-state index in [-0.39, 0.29) is 43.4 Å². The monoisotopic (exact) mass is 655 g/mol.